The average Bonchev–Trinajstić information content (AvgIpc) is 2.16. The SMILES string of the molecule is Cc1ccc(S(=O)C[C@H](O)C[C@@H](C)O)cc1. The Balaban J connectivity index is 2.55. The van der Waals surface area contributed by atoms with Gasteiger partial charge in [0.1, 0.15) is 0 Å². The van der Waals surface area contributed by atoms with Crippen LogP contribution in [0.1, 0.15) is 18.9 Å². The molecule has 0 aliphatic carbocycles. The van der Waals surface area contributed by atoms with Crippen LogP contribution in [0.3, 0.4) is 0 Å². The minimum absolute atomic E-state index is 0.175. The van der Waals surface area contributed by atoms with Gasteiger partial charge >= 0.3 is 0 Å². The van der Waals surface area contributed by atoms with E-state index >= 15 is 0 Å². The van der Waals surface area contributed by atoms with E-state index in [1.807, 2.05) is 19.1 Å². The van der Waals surface area contributed by atoms with Gasteiger partial charge in [-0.2, -0.15) is 0 Å². The van der Waals surface area contributed by atoms with Crippen molar-refractivity contribution in [2.24, 2.45) is 0 Å². The van der Waals surface area contributed by atoms with Gasteiger partial charge in [-0.05, 0) is 32.4 Å². The first-order valence-corrected chi connectivity index (χ1v) is 6.62. The highest BCUT2D eigenvalue weighted by Gasteiger charge is 2.13. The van der Waals surface area contributed by atoms with Gasteiger partial charge in [0.05, 0.1) is 28.8 Å². The van der Waals surface area contributed by atoms with Crippen LogP contribution in [0.5, 0.6) is 0 Å². The molecule has 0 spiro atoms. The monoisotopic (exact) mass is 242 g/mol. The molecule has 0 bridgehead atoms. The fourth-order valence-electron chi connectivity index (χ4n) is 1.42. The summed E-state index contributed by atoms with van der Waals surface area (Å²) in [7, 11) is -1.20. The largest absolute Gasteiger partial charge is 0.393 e. The van der Waals surface area contributed by atoms with Crippen LogP contribution in [-0.4, -0.2) is 32.4 Å². The number of rotatable bonds is 5. The Morgan fingerprint density at radius 1 is 1.25 bits per heavy atom. The molecule has 0 radical (unpaired) electrons. The predicted octanol–water partition coefficient (Wildman–Crippen LogP) is 1.23. The third-order valence-electron chi connectivity index (χ3n) is 2.24. The van der Waals surface area contributed by atoms with Crippen molar-refractivity contribution >= 4 is 10.8 Å². The molecule has 1 aromatic rings. The first-order valence-electron chi connectivity index (χ1n) is 5.30. The summed E-state index contributed by atoms with van der Waals surface area (Å²) in [6, 6.07) is 7.41. The molecule has 0 aliphatic heterocycles. The second kappa shape index (κ2) is 6.13. The first-order chi connectivity index (χ1) is 7.49. The van der Waals surface area contributed by atoms with Crippen LogP contribution in [-0.2, 0) is 10.8 Å². The minimum Gasteiger partial charge on any atom is -0.393 e. The summed E-state index contributed by atoms with van der Waals surface area (Å²) in [5, 5.41) is 18.6. The van der Waals surface area contributed by atoms with E-state index < -0.39 is 23.0 Å². The lowest BCUT2D eigenvalue weighted by Gasteiger charge is -2.12. The van der Waals surface area contributed by atoms with Crippen LogP contribution >= 0.6 is 0 Å². The molecule has 90 valence electrons. The molecule has 1 aromatic carbocycles. The van der Waals surface area contributed by atoms with Gasteiger partial charge in [0, 0.05) is 4.90 Å². The number of aliphatic hydroxyl groups excluding tert-OH is 2. The highest BCUT2D eigenvalue weighted by Crippen LogP contribution is 2.10. The van der Waals surface area contributed by atoms with Gasteiger partial charge in [0.25, 0.3) is 0 Å². The molecule has 1 rings (SSSR count). The minimum atomic E-state index is -1.20. The Morgan fingerprint density at radius 2 is 1.81 bits per heavy atom. The van der Waals surface area contributed by atoms with Gasteiger partial charge in [0.2, 0.25) is 0 Å². The Bertz CT molecular complexity index is 346. The van der Waals surface area contributed by atoms with E-state index in [0.717, 1.165) is 10.5 Å². The highest BCUT2D eigenvalue weighted by atomic mass is 32.2. The van der Waals surface area contributed by atoms with Crippen LogP contribution in [0.15, 0.2) is 29.2 Å². The van der Waals surface area contributed by atoms with E-state index in [0.29, 0.717) is 0 Å². The van der Waals surface area contributed by atoms with Crippen molar-refractivity contribution < 1.29 is 14.4 Å². The maximum absolute atomic E-state index is 11.8. The van der Waals surface area contributed by atoms with Gasteiger partial charge in [-0.15, -0.1) is 0 Å². The molecular weight excluding hydrogens is 224 g/mol. The van der Waals surface area contributed by atoms with Crippen molar-refractivity contribution in [3.05, 3.63) is 29.8 Å². The molecule has 0 aliphatic rings. The molecule has 3 nitrogen and oxygen atoms in total. The molecule has 0 heterocycles. The zero-order valence-electron chi connectivity index (χ0n) is 9.59. The zero-order valence-corrected chi connectivity index (χ0v) is 10.4. The van der Waals surface area contributed by atoms with Crippen molar-refractivity contribution in [2.45, 2.75) is 37.4 Å². The molecule has 4 heteroatoms. The number of hydrogen-bond donors (Lipinski definition) is 2. The Kier molecular flexibility index (Phi) is 5.12. The van der Waals surface area contributed by atoms with E-state index in [2.05, 4.69) is 0 Å². The predicted molar refractivity (Wildman–Crippen MR) is 64.8 cm³/mol. The summed E-state index contributed by atoms with van der Waals surface area (Å²) in [5.74, 6) is 0.175. The quantitative estimate of drug-likeness (QED) is 0.816. The summed E-state index contributed by atoms with van der Waals surface area (Å²) in [5.41, 5.74) is 1.12. The Labute approximate surface area is 98.6 Å². The third-order valence-corrected chi connectivity index (χ3v) is 3.73. The molecule has 0 amide bonds. The lowest BCUT2D eigenvalue weighted by molar-refractivity contribution is 0.104. The fourth-order valence-corrected chi connectivity index (χ4v) is 2.54. The molecule has 0 saturated heterocycles. The van der Waals surface area contributed by atoms with E-state index in [4.69, 9.17) is 5.11 Å². The maximum atomic E-state index is 11.8. The van der Waals surface area contributed by atoms with E-state index in [-0.39, 0.29) is 12.2 Å². The van der Waals surface area contributed by atoms with Gasteiger partial charge in [-0.3, -0.25) is 4.21 Å². The van der Waals surface area contributed by atoms with Crippen LogP contribution in [0.25, 0.3) is 0 Å². The van der Waals surface area contributed by atoms with Gasteiger partial charge in [-0.25, -0.2) is 0 Å². The highest BCUT2D eigenvalue weighted by molar-refractivity contribution is 7.85. The summed E-state index contributed by atoms with van der Waals surface area (Å²) in [6.07, 6.45) is -1.02. The Hall–Kier alpha value is -0.710. The molecule has 16 heavy (non-hydrogen) atoms. The van der Waals surface area contributed by atoms with E-state index in [9.17, 15) is 9.32 Å². The second-order valence-electron chi connectivity index (χ2n) is 4.06. The maximum Gasteiger partial charge on any atom is 0.0683 e. The topological polar surface area (TPSA) is 57.5 Å². The number of aliphatic hydroxyl groups is 2. The van der Waals surface area contributed by atoms with Gasteiger partial charge < -0.3 is 10.2 Å². The smallest absolute Gasteiger partial charge is 0.0683 e. The van der Waals surface area contributed by atoms with Crippen molar-refractivity contribution in [3.63, 3.8) is 0 Å². The fraction of sp³-hybridized carbons (Fsp3) is 0.500. The molecule has 1 unspecified atom stereocenters. The van der Waals surface area contributed by atoms with Crippen LogP contribution in [0.4, 0.5) is 0 Å². The molecule has 3 atom stereocenters. The van der Waals surface area contributed by atoms with Gasteiger partial charge in [0.15, 0.2) is 0 Å². The lowest BCUT2D eigenvalue weighted by Crippen LogP contribution is -2.21. The average molecular weight is 242 g/mol. The third kappa shape index (κ3) is 4.43. The summed E-state index contributed by atoms with van der Waals surface area (Å²) >= 11 is 0. The standard InChI is InChI=1S/C12H18O3S/c1-9-3-5-12(6-4-9)16(15)8-11(14)7-10(2)13/h3-6,10-11,13-14H,7-8H2,1-2H3/t10-,11-,16?/m1/s1. The summed E-state index contributed by atoms with van der Waals surface area (Å²) in [6.45, 7) is 3.58. The van der Waals surface area contributed by atoms with E-state index in [1.54, 1.807) is 19.1 Å². The second-order valence-corrected chi connectivity index (χ2v) is 5.56. The molecule has 2 N–H and O–H groups in total. The lowest BCUT2D eigenvalue weighted by atomic mass is 10.2. The normalized spacial score (nSPS) is 16.8. The summed E-state index contributed by atoms with van der Waals surface area (Å²) < 4.78 is 11.8. The number of aryl methyl sites for hydroxylation is 1. The number of benzene rings is 1. The van der Waals surface area contributed by atoms with Crippen LogP contribution in [0, 0.1) is 6.92 Å². The molecule has 0 fully saturated rings. The van der Waals surface area contributed by atoms with Crippen molar-refractivity contribution in [1.29, 1.82) is 0 Å². The van der Waals surface area contributed by atoms with Crippen molar-refractivity contribution in [3.8, 4) is 0 Å². The van der Waals surface area contributed by atoms with Gasteiger partial charge in [-0.1, -0.05) is 17.7 Å². The molecule has 0 saturated carbocycles. The number of hydrogen-bond acceptors (Lipinski definition) is 3. The zero-order chi connectivity index (χ0) is 12.1. The summed E-state index contributed by atoms with van der Waals surface area (Å²) in [4.78, 5) is 0.718. The Morgan fingerprint density at radius 3 is 2.31 bits per heavy atom. The van der Waals surface area contributed by atoms with Crippen LogP contribution < -0.4 is 0 Å². The molecule has 0 aromatic heterocycles. The molecular formula is C12H18O3S. The van der Waals surface area contributed by atoms with Crippen molar-refractivity contribution in [2.75, 3.05) is 5.75 Å². The van der Waals surface area contributed by atoms with E-state index in [1.165, 1.54) is 0 Å². The van der Waals surface area contributed by atoms with Crippen molar-refractivity contribution in [1.82, 2.24) is 0 Å². The van der Waals surface area contributed by atoms with Crippen LogP contribution in [0.2, 0.25) is 0 Å². The first kappa shape index (κ1) is 13.4.